The Labute approximate surface area is 94.3 Å². The Balaban J connectivity index is 2.14. The minimum atomic E-state index is -1.51. The van der Waals surface area contributed by atoms with Gasteiger partial charge in [-0.3, -0.25) is 4.79 Å². The molecule has 6 heteroatoms. The number of hydrogen-bond acceptors (Lipinski definition) is 2. The van der Waals surface area contributed by atoms with E-state index in [4.69, 9.17) is 5.11 Å². The maximum absolute atomic E-state index is 12.6. The predicted molar refractivity (Wildman–Crippen MR) is 55.6 cm³/mol. The van der Waals surface area contributed by atoms with Crippen molar-refractivity contribution in [3.05, 3.63) is 30.1 Å². The van der Waals surface area contributed by atoms with Gasteiger partial charge in [-0.1, -0.05) is 0 Å². The number of halogens is 1. The Hall–Kier alpha value is -1.27. The van der Waals surface area contributed by atoms with Gasteiger partial charge in [-0.15, -0.1) is 0 Å². The van der Waals surface area contributed by atoms with Crippen LogP contribution in [0.25, 0.3) is 0 Å². The fourth-order valence-corrected chi connectivity index (χ4v) is 2.83. The number of rotatable bonds is 3. The van der Waals surface area contributed by atoms with Crippen LogP contribution in [0.3, 0.4) is 0 Å². The average molecular weight is 243 g/mol. The number of nitrogens with zero attached hydrogens (tertiary/aromatic N) is 1. The van der Waals surface area contributed by atoms with Crippen molar-refractivity contribution < 1.29 is 18.5 Å². The highest BCUT2D eigenvalue weighted by molar-refractivity contribution is 7.82. The van der Waals surface area contributed by atoms with E-state index in [0.717, 1.165) is 0 Å². The molecule has 0 aromatic heterocycles. The second-order valence-corrected chi connectivity index (χ2v) is 4.93. The molecular formula is C10H10FNO3S. The van der Waals surface area contributed by atoms with Gasteiger partial charge in [0.05, 0.1) is 4.90 Å². The third-order valence-electron chi connectivity index (χ3n) is 2.48. The molecule has 1 fully saturated rings. The van der Waals surface area contributed by atoms with Crippen LogP contribution in [0.1, 0.15) is 6.42 Å². The molecule has 0 aliphatic carbocycles. The highest BCUT2D eigenvalue weighted by atomic mass is 32.2. The molecule has 0 spiro atoms. The second kappa shape index (κ2) is 4.31. The molecule has 2 unspecified atom stereocenters. The fourth-order valence-electron chi connectivity index (χ4n) is 1.50. The van der Waals surface area contributed by atoms with E-state index in [0.29, 0.717) is 17.9 Å². The molecule has 1 aromatic rings. The summed E-state index contributed by atoms with van der Waals surface area (Å²) in [6.07, 6.45) is 0.502. The van der Waals surface area contributed by atoms with Crippen LogP contribution in [0, 0.1) is 5.82 Å². The molecule has 1 aromatic carbocycles. The van der Waals surface area contributed by atoms with Gasteiger partial charge in [-0.25, -0.2) is 12.9 Å². The summed E-state index contributed by atoms with van der Waals surface area (Å²) < 4.78 is 25.9. The van der Waals surface area contributed by atoms with E-state index in [1.807, 2.05) is 0 Å². The normalized spacial score (nSPS) is 22.4. The van der Waals surface area contributed by atoms with E-state index >= 15 is 0 Å². The Morgan fingerprint density at radius 1 is 1.44 bits per heavy atom. The summed E-state index contributed by atoms with van der Waals surface area (Å²) >= 11 is 0. The zero-order chi connectivity index (χ0) is 11.7. The molecule has 4 nitrogen and oxygen atoms in total. The fraction of sp³-hybridized carbons (Fsp3) is 0.300. The molecule has 0 saturated carbocycles. The molecule has 2 atom stereocenters. The number of carboxylic acid groups (broad SMARTS) is 1. The summed E-state index contributed by atoms with van der Waals surface area (Å²) in [6, 6.07) is 4.54. The molecule has 1 N–H and O–H groups in total. The molecule has 86 valence electrons. The Morgan fingerprint density at radius 2 is 2.06 bits per heavy atom. The first kappa shape index (κ1) is 11.2. The first-order chi connectivity index (χ1) is 7.59. The zero-order valence-electron chi connectivity index (χ0n) is 8.30. The van der Waals surface area contributed by atoms with Crippen molar-refractivity contribution >= 4 is 17.0 Å². The summed E-state index contributed by atoms with van der Waals surface area (Å²) in [6.45, 7) is 0.487. The topological polar surface area (TPSA) is 57.6 Å². The number of hydrogen-bond donors (Lipinski definition) is 1. The summed E-state index contributed by atoms with van der Waals surface area (Å²) in [5, 5.41) is 8.81. The highest BCUT2D eigenvalue weighted by Gasteiger charge is 2.38. The average Bonchev–Trinajstić information content (AvgIpc) is 2.15. The maximum Gasteiger partial charge on any atom is 0.321 e. The van der Waals surface area contributed by atoms with Gasteiger partial charge in [0.2, 0.25) is 0 Å². The van der Waals surface area contributed by atoms with E-state index in [1.54, 1.807) is 0 Å². The lowest BCUT2D eigenvalue weighted by Crippen LogP contribution is -2.52. The Morgan fingerprint density at radius 3 is 2.50 bits per heavy atom. The van der Waals surface area contributed by atoms with Gasteiger partial charge in [0.25, 0.3) is 0 Å². The van der Waals surface area contributed by atoms with Gasteiger partial charge in [-0.05, 0) is 30.7 Å². The minimum absolute atomic E-state index is 0.404. The molecule has 0 bridgehead atoms. The van der Waals surface area contributed by atoms with Crippen molar-refractivity contribution in [2.24, 2.45) is 0 Å². The van der Waals surface area contributed by atoms with Crippen molar-refractivity contribution in [2.75, 3.05) is 6.54 Å². The van der Waals surface area contributed by atoms with Crippen LogP contribution >= 0.6 is 0 Å². The van der Waals surface area contributed by atoms with Crippen LogP contribution < -0.4 is 0 Å². The third kappa shape index (κ3) is 1.98. The molecule has 1 heterocycles. The first-order valence-corrected chi connectivity index (χ1v) is 5.87. The quantitative estimate of drug-likeness (QED) is 0.861. The summed E-state index contributed by atoms with van der Waals surface area (Å²) in [5.41, 5.74) is 0. The summed E-state index contributed by atoms with van der Waals surface area (Å²) in [5.74, 6) is -1.37. The van der Waals surface area contributed by atoms with Gasteiger partial charge in [-0.2, -0.15) is 0 Å². The number of benzene rings is 1. The monoisotopic (exact) mass is 243 g/mol. The van der Waals surface area contributed by atoms with Crippen LogP contribution in [-0.4, -0.2) is 32.2 Å². The Kier molecular flexibility index (Phi) is 3.02. The molecule has 0 radical (unpaired) electrons. The van der Waals surface area contributed by atoms with Crippen LogP contribution in [0.2, 0.25) is 0 Å². The maximum atomic E-state index is 12.6. The lowest BCUT2D eigenvalue weighted by atomic mass is 10.1. The van der Waals surface area contributed by atoms with Crippen LogP contribution in [-0.2, 0) is 15.8 Å². The van der Waals surface area contributed by atoms with Crippen molar-refractivity contribution in [3.8, 4) is 0 Å². The van der Waals surface area contributed by atoms with Gasteiger partial charge >= 0.3 is 5.97 Å². The summed E-state index contributed by atoms with van der Waals surface area (Å²) in [7, 11) is -1.51. The zero-order valence-corrected chi connectivity index (χ0v) is 9.11. The lowest BCUT2D eigenvalue weighted by molar-refractivity contribution is -0.144. The molecule has 1 aliphatic heterocycles. The van der Waals surface area contributed by atoms with E-state index in [9.17, 15) is 13.4 Å². The predicted octanol–water partition coefficient (Wildman–Crippen LogP) is 1.01. The second-order valence-electron chi connectivity index (χ2n) is 3.49. The van der Waals surface area contributed by atoms with Crippen molar-refractivity contribution in [3.63, 3.8) is 0 Å². The Bertz CT molecular complexity index is 434. The third-order valence-corrected chi connectivity index (χ3v) is 4.02. The number of carbonyl (C=O) groups is 1. The van der Waals surface area contributed by atoms with E-state index in [2.05, 4.69) is 0 Å². The SMILES string of the molecule is O=C(O)C1CCN1S(=O)c1ccc(F)cc1. The highest BCUT2D eigenvalue weighted by Crippen LogP contribution is 2.24. The van der Waals surface area contributed by atoms with E-state index in [-0.39, 0.29) is 0 Å². The molecule has 16 heavy (non-hydrogen) atoms. The van der Waals surface area contributed by atoms with Gasteiger partial charge in [0.15, 0.2) is 0 Å². The van der Waals surface area contributed by atoms with Crippen LogP contribution in [0.15, 0.2) is 29.2 Å². The van der Waals surface area contributed by atoms with Crippen LogP contribution in [0.5, 0.6) is 0 Å². The lowest BCUT2D eigenvalue weighted by Gasteiger charge is -2.36. The standard InChI is InChI=1S/C10H10FNO3S/c11-7-1-3-8(4-2-7)16(15)12-6-5-9(12)10(13)14/h1-4,9H,5-6H2,(H,13,14). The van der Waals surface area contributed by atoms with E-state index < -0.39 is 28.8 Å². The van der Waals surface area contributed by atoms with Crippen LogP contribution in [0.4, 0.5) is 4.39 Å². The smallest absolute Gasteiger partial charge is 0.321 e. The van der Waals surface area contributed by atoms with Crippen molar-refractivity contribution in [1.29, 1.82) is 0 Å². The van der Waals surface area contributed by atoms with E-state index in [1.165, 1.54) is 28.6 Å². The van der Waals surface area contributed by atoms with Gasteiger partial charge < -0.3 is 5.11 Å². The van der Waals surface area contributed by atoms with Gasteiger partial charge in [0, 0.05) is 6.54 Å². The molecular weight excluding hydrogens is 233 g/mol. The molecule has 0 amide bonds. The van der Waals surface area contributed by atoms with Crippen molar-refractivity contribution in [1.82, 2.24) is 4.31 Å². The first-order valence-electron chi connectivity index (χ1n) is 4.76. The summed E-state index contributed by atoms with van der Waals surface area (Å²) in [4.78, 5) is 11.2. The largest absolute Gasteiger partial charge is 0.480 e. The molecule has 2 rings (SSSR count). The minimum Gasteiger partial charge on any atom is -0.480 e. The molecule has 1 saturated heterocycles. The molecule has 1 aliphatic rings. The van der Waals surface area contributed by atoms with Crippen molar-refractivity contribution in [2.45, 2.75) is 17.4 Å². The number of carboxylic acids is 1. The number of aliphatic carboxylic acids is 1. The van der Waals surface area contributed by atoms with Gasteiger partial charge in [0.1, 0.15) is 22.8 Å².